The molecule has 2 rings (SSSR count). The van der Waals surface area contributed by atoms with E-state index in [1.807, 2.05) is 0 Å². The smallest absolute Gasteiger partial charge is 0.308 e. The van der Waals surface area contributed by atoms with E-state index in [9.17, 15) is 14.0 Å². The van der Waals surface area contributed by atoms with Crippen LogP contribution in [0.4, 0.5) is 4.39 Å². The predicted octanol–water partition coefficient (Wildman–Crippen LogP) is 2.79. The van der Waals surface area contributed by atoms with E-state index in [0.29, 0.717) is 13.0 Å². The quantitative estimate of drug-likeness (QED) is 0.835. The first-order chi connectivity index (χ1) is 8.90. The van der Waals surface area contributed by atoms with E-state index in [1.54, 1.807) is 0 Å². The highest BCUT2D eigenvalue weighted by Crippen LogP contribution is 2.27. The monoisotopic (exact) mass is 349 g/mol. The minimum atomic E-state index is -0.942. The lowest BCUT2D eigenvalue weighted by Gasteiger charge is -2.16. The molecule has 7 heteroatoms. The summed E-state index contributed by atoms with van der Waals surface area (Å²) in [5, 5.41) is 9.13. The van der Waals surface area contributed by atoms with Crippen LogP contribution in [-0.2, 0) is 4.79 Å². The Bertz CT molecular complexity index is 552. The number of halogens is 3. The Hall–Kier alpha value is -1.14. The lowest BCUT2D eigenvalue weighted by Crippen LogP contribution is -2.30. The molecule has 1 saturated heterocycles. The topological polar surface area (TPSA) is 57.6 Å². The summed E-state index contributed by atoms with van der Waals surface area (Å²) in [5.41, 5.74) is -0.148. The third-order valence-corrected chi connectivity index (χ3v) is 3.84. The van der Waals surface area contributed by atoms with Crippen molar-refractivity contribution in [1.82, 2.24) is 4.90 Å². The SMILES string of the molecule is O=C(O)C1CCN(C(=O)c2cc(Cl)cc(Br)c2F)C1. The summed E-state index contributed by atoms with van der Waals surface area (Å²) in [7, 11) is 0. The number of likely N-dealkylation sites (tertiary alicyclic amines) is 1. The van der Waals surface area contributed by atoms with E-state index in [2.05, 4.69) is 15.9 Å². The van der Waals surface area contributed by atoms with Crippen molar-refractivity contribution in [3.05, 3.63) is 33.0 Å². The van der Waals surface area contributed by atoms with E-state index >= 15 is 0 Å². The van der Waals surface area contributed by atoms with Gasteiger partial charge in [-0.25, -0.2) is 4.39 Å². The molecule has 0 spiro atoms. The third kappa shape index (κ3) is 2.90. The standard InChI is InChI=1S/C12H10BrClFNO3/c13-9-4-7(14)3-8(10(9)15)11(17)16-2-1-6(5-16)12(18)19/h3-4,6H,1-2,5H2,(H,18,19). The van der Waals surface area contributed by atoms with E-state index in [1.165, 1.54) is 17.0 Å². The van der Waals surface area contributed by atoms with E-state index < -0.39 is 23.6 Å². The molecule has 0 radical (unpaired) electrons. The molecule has 0 aliphatic carbocycles. The van der Waals surface area contributed by atoms with Gasteiger partial charge in [0, 0.05) is 18.1 Å². The fraction of sp³-hybridized carbons (Fsp3) is 0.333. The van der Waals surface area contributed by atoms with Gasteiger partial charge < -0.3 is 10.0 Å². The maximum Gasteiger partial charge on any atom is 0.308 e. The van der Waals surface area contributed by atoms with Crippen LogP contribution >= 0.6 is 27.5 Å². The molecule has 0 saturated carbocycles. The number of benzene rings is 1. The molecule has 1 heterocycles. The van der Waals surface area contributed by atoms with Crippen LogP contribution in [0.5, 0.6) is 0 Å². The van der Waals surface area contributed by atoms with Gasteiger partial charge in [-0.1, -0.05) is 11.6 Å². The molecule has 1 amide bonds. The van der Waals surface area contributed by atoms with Gasteiger partial charge in [0.1, 0.15) is 5.82 Å². The van der Waals surface area contributed by atoms with Crippen molar-refractivity contribution >= 4 is 39.4 Å². The van der Waals surface area contributed by atoms with Gasteiger partial charge in [0.2, 0.25) is 0 Å². The minimum Gasteiger partial charge on any atom is -0.481 e. The van der Waals surface area contributed by atoms with Crippen molar-refractivity contribution in [2.75, 3.05) is 13.1 Å². The molecule has 1 aliphatic heterocycles. The van der Waals surface area contributed by atoms with E-state index in [0.717, 1.165) is 0 Å². The number of carbonyl (C=O) groups excluding carboxylic acids is 1. The summed E-state index contributed by atoms with van der Waals surface area (Å²) < 4.78 is 14.0. The average molecular weight is 351 g/mol. The number of carboxylic acids is 1. The van der Waals surface area contributed by atoms with Crippen molar-refractivity contribution in [2.24, 2.45) is 5.92 Å². The minimum absolute atomic E-state index is 0.0950. The molecular weight excluding hydrogens is 340 g/mol. The summed E-state index contributed by atoms with van der Waals surface area (Å²) in [5.74, 6) is -2.75. The van der Waals surface area contributed by atoms with E-state index in [-0.39, 0.29) is 21.6 Å². The van der Waals surface area contributed by atoms with Crippen molar-refractivity contribution in [1.29, 1.82) is 0 Å². The number of nitrogens with zero attached hydrogens (tertiary/aromatic N) is 1. The number of carboxylic acid groups (broad SMARTS) is 1. The van der Waals surface area contributed by atoms with Crippen LogP contribution in [0.3, 0.4) is 0 Å². The van der Waals surface area contributed by atoms with Gasteiger partial charge in [0.25, 0.3) is 5.91 Å². The number of hydrogen-bond donors (Lipinski definition) is 1. The molecule has 4 nitrogen and oxygen atoms in total. The summed E-state index contributed by atoms with van der Waals surface area (Å²) in [6, 6.07) is 2.61. The number of amides is 1. The van der Waals surface area contributed by atoms with Crippen LogP contribution in [0.2, 0.25) is 5.02 Å². The largest absolute Gasteiger partial charge is 0.481 e. The van der Waals surface area contributed by atoms with Crippen LogP contribution in [0.1, 0.15) is 16.8 Å². The second kappa shape index (κ2) is 5.46. The number of hydrogen-bond acceptors (Lipinski definition) is 2. The summed E-state index contributed by atoms with van der Waals surface area (Å²) in [6.45, 7) is 0.400. The molecule has 1 aliphatic rings. The van der Waals surface area contributed by atoms with Crippen LogP contribution in [-0.4, -0.2) is 35.0 Å². The first-order valence-corrected chi connectivity index (χ1v) is 6.74. The zero-order chi connectivity index (χ0) is 14.2. The number of rotatable bonds is 2. The highest BCUT2D eigenvalue weighted by Gasteiger charge is 2.32. The maximum absolute atomic E-state index is 13.9. The molecule has 1 aromatic carbocycles. The highest BCUT2D eigenvalue weighted by molar-refractivity contribution is 9.10. The predicted molar refractivity (Wildman–Crippen MR) is 70.8 cm³/mol. The van der Waals surface area contributed by atoms with Gasteiger partial charge in [-0.15, -0.1) is 0 Å². The molecule has 1 atom stereocenters. The van der Waals surface area contributed by atoms with Gasteiger partial charge in [0.05, 0.1) is 16.0 Å². The second-order valence-electron chi connectivity index (χ2n) is 4.32. The van der Waals surface area contributed by atoms with Gasteiger partial charge in [0.15, 0.2) is 0 Å². The van der Waals surface area contributed by atoms with Crippen LogP contribution < -0.4 is 0 Å². The van der Waals surface area contributed by atoms with Crippen molar-refractivity contribution < 1.29 is 19.1 Å². The molecule has 0 bridgehead atoms. The molecule has 19 heavy (non-hydrogen) atoms. The van der Waals surface area contributed by atoms with Gasteiger partial charge >= 0.3 is 5.97 Å². The van der Waals surface area contributed by atoms with Crippen LogP contribution in [0.25, 0.3) is 0 Å². The lowest BCUT2D eigenvalue weighted by molar-refractivity contribution is -0.141. The summed E-state index contributed by atoms with van der Waals surface area (Å²) in [6.07, 6.45) is 0.379. The first kappa shape index (κ1) is 14.3. The van der Waals surface area contributed by atoms with Gasteiger partial charge in [-0.3, -0.25) is 9.59 Å². The Labute approximate surface area is 122 Å². The Morgan fingerprint density at radius 3 is 2.74 bits per heavy atom. The summed E-state index contributed by atoms with van der Waals surface area (Å²) in [4.78, 5) is 24.3. The third-order valence-electron chi connectivity index (χ3n) is 3.05. The fourth-order valence-corrected chi connectivity index (χ4v) is 2.84. The van der Waals surface area contributed by atoms with Gasteiger partial charge in [-0.2, -0.15) is 0 Å². The lowest BCUT2D eigenvalue weighted by atomic mass is 10.1. The average Bonchev–Trinajstić information content (AvgIpc) is 2.82. The van der Waals surface area contributed by atoms with E-state index in [4.69, 9.17) is 16.7 Å². The zero-order valence-corrected chi connectivity index (χ0v) is 12.0. The Morgan fingerprint density at radius 1 is 1.47 bits per heavy atom. The summed E-state index contributed by atoms with van der Waals surface area (Å²) >= 11 is 8.78. The number of aliphatic carboxylic acids is 1. The van der Waals surface area contributed by atoms with Crippen molar-refractivity contribution in [3.8, 4) is 0 Å². The molecule has 0 aromatic heterocycles. The molecule has 1 N–H and O–H groups in total. The van der Waals surface area contributed by atoms with Crippen LogP contribution in [0, 0.1) is 11.7 Å². The Kier molecular flexibility index (Phi) is 4.10. The molecule has 102 valence electrons. The Morgan fingerprint density at radius 2 is 2.16 bits per heavy atom. The molecule has 1 aromatic rings. The maximum atomic E-state index is 13.9. The normalized spacial score (nSPS) is 18.7. The zero-order valence-electron chi connectivity index (χ0n) is 9.70. The fourth-order valence-electron chi connectivity index (χ4n) is 2.03. The Balaban J connectivity index is 2.24. The van der Waals surface area contributed by atoms with Crippen molar-refractivity contribution in [2.45, 2.75) is 6.42 Å². The highest BCUT2D eigenvalue weighted by atomic mass is 79.9. The van der Waals surface area contributed by atoms with Gasteiger partial charge in [-0.05, 0) is 34.5 Å². The van der Waals surface area contributed by atoms with Crippen LogP contribution in [0.15, 0.2) is 16.6 Å². The molecular formula is C12H10BrClFNO3. The number of carbonyl (C=O) groups is 2. The second-order valence-corrected chi connectivity index (χ2v) is 5.61. The molecule has 1 fully saturated rings. The van der Waals surface area contributed by atoms with Crippen molar-refractivity contribution in [3.63, 3.8) is 0 Å². The molecule has 1 unspecified atom stereocenters. The first-order valence-electron chi connectivity index (χ1n) is 5.56.